The van der Waals surface area contributed by atoms with Gasteiger partial charge in [-0.1, -0.05) is 52.3 Å². The Morgan fingerprint density at radius 1 is 1.28 bits per heavy atom. The number of H-pyrrole nitrogens is 1. The molecule has 0 aliphatic heterocycles. The Morgan fingerprint density at radius 2 is 1.97 bits per heavy atom. The van der Waals surface area contributed by atoms with E-state index >= 15 is 0 Å². The lowest BCUT2D eigenvalue weighted by Crippen LogP contribution is -2.43. The lowest BCUT2D eigenvalue weighted by molar-refractivity contribution is 0.507. The number of unbranched alkanes of at least 4 members (excludes halogenated alkanes) is 1. The minimum Gasteiger partial charge on any atom is -0.383 e. The minimum atomic E-state index is -0.531. The van der Waals surface area contributed by atoms with E-state index in [0.29, 0.717) is 18.2 Å². The molecular formula is C21H31N5O2S. The minimum absolute atomic E-state index is 0.136. The molecule has 0 saturated carbocycles. The zero-order chi connectivity index (χ0) is 21.6. The number of aromatic nitrogens is 2. The number of nitrogens with one attached hydrogen (secondary N) is 2. The molecule has 0 unspecified atom stereocenters. The first-order valence-electron chi connectivity index (χ1n) is 10.1. The zero-order valence-electron chi connectivity index (χ0n) is 17.6. The van der Waals surface area contributed by atoms with Crippen LogP contribution in [0, 0.1) is 5.92 Å². The van der Waals surface area contributed by atoms with E-state index in [4.69, 9.17) is 18.0 Å². The van der Waals surface area contributed by atoms with Crippen molar-refractivity contribution < 1.29 is 0 Å². The van der Waals surface area contributed by atoms with Gasteiger partial charge >= 0.3 is 5.69 Å². The van der Waals surface area contributed by atoms with Gasteiger partial charge in [0.2, 0.25) is 0 Å². The van der Waals surface area contributed by atoms with Crippen LogP contribution in [0.25, 0.3) is 0 Å². The summed E-state index contributed by atoms with van der Waals surface area (Å²) in [5.74, 6) is 0.329. The summed E-state index contributed by atoms with van der Waals surface area (Å²) in [4.78, 5) is 29.1. The molecule has 1 heterocycles. The van der Waals surface area contributed by atoms with E-state index in [0.717, 1.165) is 30.5 Å². The second-order valence-corrected chi connectivity index (χ2v) is 7.83. The standard InChI is InChI=1S/C21H31N5O2S/c1-5-7-12-25(21(29)23-16-11-9-8-10-15(16)6-2)17-18(22)26(13-14(3)4)20(28)24-19(17)27/h8-11,14H,5-7,12-13,22H2,1-4H3,(H,23,29)(H,24,27,28). The lowest BCUT2D eigenvalue weighted by Gasteiger charge is -2.27. The molecule has 4 N–H and O–H groups in total. The molecule has 1 aromatic heterocycles. The van der Waals surface area contributed by atoms with Crippen LogP contribution in [0.4, 0.5) is 17.2 Å². The second-order valence-electron chi connectivity index (χ2n) is 7.44. The summed E-state index contributed by atoms with van der Waals surface area (Å²) in [5, 5.41) is 3.64. The van der Waals surface area contributed by atoms with Crippen molar-refractivity contribution in [2.24, 2.45) is 5.92 Å². The van der Waals surface area contributed by atoms with Crippen LogP contribution in [-0.4, -0.2) is 21.2 Å². The molecule has 0 atom stereocenters. The van der Waals surface area contributed by atoms with Gasteiger partial charge < -0.3 is 16.0 Å². The molecule has 0 amide bonds. The molecule has 0 saturated heterocycles. The number of anilines is 3. The summed E-state index contributed by atoms with van der Waals surface area (Å²) >= 11 is 5.66. The summed E-state index contributed by atoms with van der Waals surface area (Å²) in [5.41, 5.74) is 7.50. The molecule has 8 heteroatoms. The van der Waals surface area contributed by atoms with Gasteiger partial charge in [-0.3, -0.25) is 14.3 Å². The molecular weight excluding hydrogens is 386 g/mol. The van der Waals surface area contributed by atoms with E-state index in [-0.39, 0.29) is 17.4 Å². The number of hydrogen-bond donors (Lipinski definition) is 3. The third kappa shape index (κ3) is 5.47. The van der Waals surface area contributed by atoms with Gasteiger partial charge in [0.25, 0.3) is 5.56 Å². The maximum Gasteiger partial charge on any atom is 0.330 e. The van der Waals surface area contributed by atoms with E-state index in [1.807, 2.05) is 38.1 Å². The van der Waals surface area contributed by atoms with Crippen molar-refractivity contribution in [1.82, 2.24) is 9.55 Å². The first-order chi connectivity index (χ1) is 13.8. The van der Waals surface area contributed by atoms with Crippen molar-refractivity contribution in [2.45, 2.75) is 53.5 Å². The van der Waals surface area contributed by atoms with Crippen LogP contribution in [0.2, 0.25) is 0 Å². The second kappa shape index (κ2) is 10.2. The number of nitrogens with two attached hydrogens (primary N) is 1. The topological polar surface area (TPSA) is 96.2 Å². The van der Waals surface area contributed by atoms with Gasteiger partial charge in [0.15, 0.2) is 10.8 Å². The monoisotopic (exact) mass is 417 g/mol. The number of para-hydroxylation sites is 1. The summed E-state index contributed by atoms with van der Waals surface area (Å²) < 4.78 is 1.41. The number of hydrogen-bond acceptors (Lipinski definition) is 4. The average Bonchev–Trinajstić information content (AvgIpc) is 2.67. The summed E-state index contributed by atoms with van der Waals surface area (Å²) in [6, 6.07) is 7.90. The highest BCUT2D eigenvalue weighted by molar-refractivity contribution is 7.80. The number of thiocarbonyl (C=S) groups is 1. The molecule has 0 aliphatic carbocycles. The molecule has 0 aliphatic rings. The van der Waals surface area contributed by atoms with Crippen molar-refractivity contribution in [1.29, 1.82) is 0 Å². The number of benzene rings is 1. The van der Waals surface area contributed by atoms with Crippen molar-refractivity contribution in [3.05, 3.63) is 50.7 Å². The normalized spacial score (nSPS) is 10.9. The Labute approximate surface area is 176 Å². The van der Waals surface area contributed by atoms with Gasteiger partial charge in [0.1, 0.15) is 5.82 Å². The van der Waals surface area contributed by atoms with Crippen LogP contribution in [0.5, 0.6) is 0 Å². The number of rotatable bonds is 8. The molecule has 0 radical (unpaired) electrons. The summed E-state index contributed by atoms with van der Waals surface area (Å²) in [6.45, 7) is 9.04. The van der Waals surface area contributed by atoms with Crippen LogP contribution >= 0.6 is 12.2 Å². The third-order valence-corrected chi connectivity index (χ3v) is 4.97. The molecule has 29 heavy (non-hydrogen) atoms. The average molecular weight is 418 g/mol. The Bertz CT molecular complexity index is 964. The predicted octanol–water partition coefficient (Wildman–Crippen LogP) is 3.34. The van der Waals surface area contributed by atoms with E-state index < -0.39 is 11.2 Å². The SMILES string of the molecule is CCCCN(C(=S)Nc1ccccc1CC)c1c(N)n(CC(C)C)c(=O)[nH]c1=O. The van der Waals surface area contributed by atoms with Gasteiger partial charge in [0.05, 0.1) is 0 Å². The van der Waals surface area contributed by atoms with E-state index in [1.165, 1.54) is 4.57 Å². The van der Waals surface area contributed by atoms with Crippen LogP contribution in [-0.2, 0) is 13.0 Å². The molecule has 1 aromatic carbocycles. The van der Waals surface area contributed by atoms with Crippen molar-refractivity contribution in [2.75, 3.05) is 22.5 Å². The van der Waals surface area contributed by atoms with Crippen molar-refractivity contribution in [3.8, 4) is 0 Å². The highest BCUT2D eigenvalue weighted by Gasteiger charge is 2.22. The fraction of sp³-hybridized carbons (Fsp3) is 0.476. The molecule has 7 nitrogen and oxygen atoms in total. The first kappa shape index (κ1) is 22.7. The van der Waals surface area contributed by atoms with Gasteiger partial charge in [0, 0.05) is 18.8 Å². The highest BCUT2D eigenvalue weighted by atomic mass is 32.1. The van der Waals surface area contributed by atoms with Crippen molar-refractivity contribution in [3.63, 3.8) is 0 Å². The number of nitrogens with zero attached hydrogens (tertiary/aromatic N) is 2. The smallest absolute Gasteiger partial charge is 0.330 e. The molecule has 0 bridgehead atoms. The number of aryl methyl sites for hydroxylation is 1. The van der Waals surface area contributed by atoms with Crippen molar-refractivity contribution >= 4 is 34.5 Å². The predicted molar refractivity (Wildman–Crippen MR) is 125 cm³/mol. The van der Waals surface area contributed by atoms with Gasteiger partial charge in [-0.25, -0.2) is 4.79 Å². The highest BCUT2D eigenvalue weighted by Crippen LogP contribution is 2.22. The Morgan fingerprint density at radius 3 is 2.59 bits per heavy atom. The molecule has 2 aromatic rings. The Kier molecular flexibility index (Phi) is 8.01. The molecule has 2 rings (SSSR count). The first-order valence-corrected chi connectivity index (χ1v) is 10.5. The van der Waals surface area contributed by atoms with E-state index in [2.05, 4.69) is 24.1 Å². The maximum absolute atomic E-state index is 12.7. The summed E-state index contributed by atoms with van der Waals surface area (Å²) in [7, 11) is 0. The van der Waals surface area contributed by atoms with E-state index in [9.17, 15) is 9.59 Å². The Hall–Kier alpha value is -2.61. The van der Waals surface area contributed by atoms with Crippen LogP contribution in [0.3, 0.4) is 0 Å². The molecule has 158 valence electrons. The van der Waals surface area contributed by atoms with Crippen LogP contribution < -0.4 is 27.2 Å². The fourth-order valence-electron chi connectivity index (χ4n) is 3.15. The van der Waals surface area contributed by atoms with Gasteiger partial charge in [-0.15, -0.1) is 0 Å². The zero-order valence-corrected chi connectivity index (χ0v) is 18.4. The summed E-state index contributed by atoms with van der Waals surface area (Å²) in [6.07, 6.45) is 2.59. The number of nitrogen functional groups attached to an aromatic ring is 1. The number of aromatic amines is 1. The van der Waals surface area contributed by atoms with Gasteiger partial charge in [-0.2, -0.15) is 0 Å². The molecule has 0 fully saturated rings. The lowest BCUT2D eigenvalue weighted by atomic mass is 10.1. The quantitative estimate of drug-likeness (QED) is 0.570. The third-order valence-electron chi connectivity index (χ3n) is 4.65. The van der Waals surface area contributed by atoms with E-state index in [1.54, 1.807) is 4.90 Å². The van der Waals surface area contributed by atoms with Crippen LogP contribution in [0.1, 0.15) is 46.1 Å². The fourth-order valence-corrected chi connectivity index (χ4v) is 3.44. The molecule has 0 spiro atoms. The maximum atomic E-state index is 12.7. The largest absolute Gasteiger partial charge is 0.383 e. The van der Waals surface area contributed by atoms with Crippen LogP contribution in [0.15, 0.2) is 33.9 Å². The van der Waals surface area contributed by atoms with Gasteiger partial charge in [-0.05, 0) is 42.6 Å². The Balaban J connectivity index is 2.50.